The molecule has 6 nitrogen and oxygen atoms in total. The molecule has 2 aromatic rings. The van der Waals surface area contributed by atoms with Crippen molar-refractivity contribution < 1.29 is 13.5 Å². The highest BCUT2D eigenvalue weighted by Gasteiger charge is 2.28. The minimum Gasteiger partial charge on any atom is -0.383 e. The molecule has 152 valence electrons. The van der Waals surface area contributed by atoms with E-state index in [2.05, 4.69) is 54.9 Å². The third-order valence-electron chi connectivity index (χ3n) is 4.65. The van der Waals surface area contributed by atoms with Crippen molar-refractivity contribution in [2.75, 3.05) is 5.32 Å². The second-order valence-electron chi connectivity index (χ2n) is 8.12. The van der Waals surface area contributed by atoms with Gasteiger partial charge in [-0.3, -0.25) is 4.72 Å². The van der Waals surface area contributed by atoms with Crippen molar-refractivity contribution >= 4 is 27.0 Å². The lowest BCUT2D eigenvalue weighted by Crippen LogP contribution is -2.29. The summed E-state index contributed by atoms with van der Waals surface area (Å²) in [6, 6.07) is 4.28. The summed E-state index contributed by atoms with van der Waals surface area (Å²) < 4.78 is 28.4. The molecule has 0 bridgehead atoms. The van der Waals surface area contributed by atoms with E-state index in [0.29, 0.717) is 16.7 Å². The van der Waals surface area contributed by atoms with E-state index >= 15 is 0 Å². The molecule has 1 aromatic heterocycles. The highest BCUT2D eigenvalue weighted by atomic mass is 32.2. The lowest BCUT2D eigenvalue weighted by Gasteiger charge is -2.28. The van der Waals surface area contributed by atoms with Gasteiger partial charge in [-0.25, -0.2) is 13.4 Å². The molecule has 1 aromatic carbocycles. The normalized spacial score (nSPS) is 17.1. The fourth-order valence-electron chi connectivity index (χ4n) is 3.24. The Bertz CT molecular complexity index is 1030. The molecule has 0 saturated carbocycles. The van der Waals surface area contributed by atoms with Crippen LogP contribution in [-0.4, -0.2) is 18.5 Å². The molecule has 0 saturated heterocycles. The van der Waals surface area contributed by atoms with Crippen molar-refractivity contribution in [3.8, 4) is 0 Å². The van der Waals surface area contributed by atoms with Crippen molar-refractivity contribution in [3.05, 3.63) is 51.9 Å². The number of nitrogens with zero attached hydrogens (tertiary/aromatic N) is 1. The smallest absolute Gasteiger partial charge is 0.274 e. The quantitative estimate of drug-likeness (QED) is 0.675. The number of allylic oxidation sites excluding steroid dienone is 1. The van der Waals surface area contributed by atoms with E-state index in [4.69, 9.17) is 0 Å². The van der Waals surface area contributed by atoms with Gasteiger partial charge in [0.15, 0.2) is 4.21 Å². The summed E-state index contributed by atoms with van der Waals surface area (Å²) in [5.41, 5.74) is 3.30. The standard InChI is InChI=1S/C20H27N3O3S2/c1-11(2)14-7-12(3)8-15-13(4)9-16(22-18(14)15)23-28(25,26)17-10-21-19(27-17)20(5,6)24/h7-11,13,22-24H,1-6H3. The van der Waals surface area contributed by atoms with E-state index in [-0.39, 0.29) is 10.1 Å². The Balaban J connectivity index is 1.92. The van der Waals surface area contributed by atoms with Crippen LogP contribution in [0.15, 0.2) is 34.4 Å². The highest BCUT2D eigenvalue weighted by molar-refractivity contribution is 7.91. The minimum atomic E-state index is -3.80. The molecule has 2 heterocycles. The Morgan fingerprint density at radius 2 is 2.00 bits per heavy atom. The zero-order valence-corrected chi connectivity index (χ0v) is 18.6. The summed E-state index contributed by atoms with van der Waals surface area (Å²) in [5, 5.41) is 13.7. The molecule has 0 spiro atoms. The van der Waals surface area contributed by atoms with Crippen LogP contribution < -0.4 is 10.0 Å². The van der Waals surface area contributed by atoms with E-state index in [0.717, 1.165) is 28.2 Å². The maximum absolute atomic E-state index is 12.8. The average molecular weight is 422 g/mol. The number of hydrogen-bond acceptors (Lipinski definition) is 6. The van der Waals surface area contributed by atoms with E-state index in [1.165, 1.54) is 11.8 Å². The molecule has 1 aliphatic rings. The van der Waals surface area contributed by atoms with E-state index in [9.17, 15) is 13.5 Å². The van der Waals surface area contributed by atoms with Crippen LogP contribution in [-0.2, 0) is 15.6 Å². The minimum absolute atomic E-state index is 0.0683. The number of hydrogen-bond donors (Lipinski definition) is 3. The molecule has 0 amide bonds. The number of benzene rings is 1. The van der Waals surface area contributed by atoms with Gasteiger partial charge in [-0.05, 0) is 43.9 Å². The Labute approximate surface area is 170 Å². The van der Waals surface area contributed by atoms with Crippen molar-refractivity contribution in [3.63, 3.8) is 0 Å². The Morgan fingerprint density at radius 1 is 1.32 bits per heavy atom. The van der Waals surface area contributed by atoms with Gasteiger partial charge in [-0.15, -0.1) is 11.3 Å². The zero-order valence-electron chi connectivity index (χ0n) is 17.0. The van der Waals surface area contributed by atoms with Gasteiger partial charge in [0.05, 0.1) is 6.20 Å². The Kier molecular flexibility index (Phi) is 5.33. The van der Waals surface area contributed by atoms with Gasteiger partial charge in [0.1, 0.15) is 16.4 Å². The predicted molar refractivity (Wildman–Crippen MR) is 113 cm³/mol. The molecule has 0 fully saturated rings. The number of aliphatic hydroxyl groups is 1. The number of nitrogens with one attached hydrogen (secondary N) is 2. The van der Waals surface area contributed by atoms with Crippen LogP contribution >= 0.6 is 11.3 Å². The number of aryl methyl sites for hydroxylation is 1. The maximum atomic E-state index is 12.8. The monoisotopic (exact) mass is 421 g/mol. The first kappa shape index (κ1) is 20.8. The van der Waals surface area contributed by atoms with Crippen LogP contribution in [0, 0.1) is 6.92 Å². The van der Waals surface area contributed by atoms with Crippen LogP contribution in [0.4, 0.5) is 5.69 Å². The zero-order chi connectivity index (χ0) is 20.9. The fourth-order valence-corrected chi connectivity index (χ4v) is 5.39. The van der Waals surface area contributed by atoms with Crippen molar-refractivity contribution in [2.24, 2.45) is 0 Å². The van der Waals surface area contributed by atoms with Crippen LogP contribution in [0.25, 0.3) is 0 Å². The summed E-state index contributed by atoms with van der Waals surface area (Å²) in [6.07, 6.45) is 3.16. The van der Waals surface area contributed by atoms with Crippen LogP contribution in [0.5, 0.6) is 0 Å². The first-order valence-electron chi connectivity index (χ1n) is 9.23. The van der Waals surface area contributed by atoms with E-state index in [1.54, 1.807) is 13.8 Å². The second kappa shape index (κ2) is 7.17. The first-order valence-corrected chi connectivity index (χ1v) is 11.5. The van der Waals surface area contributed by atoms with E-state index in [1.807, 2.05) is 6.08 Å². The van der Waals surface area contributed by atoms with Crippen molar-refractivity contribution in [2.45, 2.75) is 63.2 Å². The van der Waals surface area contributed by atoms with Gasteiger partial charge < -0.3 is 10.4 Å². The molecule has 0 radical (unpaired) electrons. The molecule has 8 heteroatoms. The van der Waals surface area contributed by atoms with Crippen LogP contribution in [0.2, 0.25) is 0 Å². The SMILES string of the molecule is Cc1cc(C(C)C)c2c(c1)C(C)C=C(NS(=O)(=O)c1cnc(C(C)(C)O)s1)N2. The van der Waals surface area contributed by atoms with Crippen molar-refractivity contribution in [1.29, 1.82) is 0 Å². The number of anilines is 1. The Hall–Kier alpha value is -1.90. The number of aromatic nitrogens is 1. The molecular weight excluding hydrogens is 394 g/mol. The number of thiazole rings is 1. The third-order valence-corrected chi connectivity index (χ3v) is 7.79. The van der Waals surface area contributed by atoms with Gasteiger partial charge in [-0.1, -0.05) is 38.5 Å². The van der Waals surface area contributed by atoms with Gasteiger partial charge in [-0.2, -0.15) is 0 Å². The van der Waals surface area contributed by atoms with Gasteiger partial charge in [0.2, 0.25) is 0 Å². The number of sulfonamides is 1. The second-order valence-corrected chi connectivity index (χ2v) is 11.1. The highest BCUT2D eigenvalue weighted by Crippen LogP contribution is 2.38. The molecule has 28 heavy (non-hydrogen) atoms. The van der Waals surface area contributed by atoms with Crippen molar-refractivity contribution in [1.82, 2.24) is 9.71 Å². The van der Waals surface area contributed by atoms with Gasteiger partial charge >= 0.3 is 0 Å². The summed E-state index contributed by atoms with van der Waals surface area (Å²) in [4.78, 5) is 4.05. The third kappa shape index (κ3) is 4.09. The lowest BCUT2D eigenvalue weighted by molar-refractivity contribution is 0.0783. The summed E-state index contributed by atoms with van der Waals surface area (Å²) in [5.74, 6) is 0.809. The molecule has 3 N–H and O–H groups in total. The average Bonchev–Trinajstić information content (AvgIpc) is 3.06. The van der Waals surface area contributed by atoms with Gasteiger partial charge in [0.25, 0.3) is 10.0 Å². The van der Waals surface area contributed by atoms with Crippen LogP contribution in [0.3, 0.4) is 0 Å². The molecule has 1 unspecified atom stereocenters. The molecule has 1 aliphatic heterocycles. The largest absolute Gasteiger partial charge is 0.383 e. The van der Waals surface area contributed by atoms with E-state index < -0.39 is 15.6 Å². The molecule has 1 atom stereocenters. The fraction of sp³-hybridized carbons (Fsp3) is 0.450. The predicted octanol–water partition coefficient (Wildman–Crippen LogP) is 4.15. The van der Waals surface area contributed by atoms with Gasteiger partial charge in [0, 0.05) is 11.6 Å². The lowest BCUT2D eigenvalue weighted by atomic mass is 9.88. The molecule has 0 aliphatic carbocycles. The summed E-state index contributed by atoms with van der Waals surface area (Å²) in [7, 11) is -3.80. The Morgan fingerprint density at radius 3 is 2.57 bits per heavy atom. The first-order chi connectivity index (χ1) is 12.9. The van der Waals surface area contributed by atoms with Crippen LogP contribution in [0.1, 0.15) is 68.2 Å². The summed E-state index contributed by atoms with van der Waals surface area (Å²) >= 11 is 0.965. The molecule has 3 rings (SSSR count). The maximum Gasteiger partial charge on any atom is 0.274 e. The summed E-state index contributed by atoms with van der Waals surface area (Å²) in [6.45, 7) is 11.5. The number of rotatable bonds is 5. The molecular formula is C20H27N3O3S2. The number of fused-ring (bicyclic) bond motifs is 1. The topological polar surface area (TPSA) is 91.3 Å².